The van der Waals surface area contributed by atoms with Gasteiger partial charge in [-0.1, -0.05) is 6.92 Å². The van der Waals surface area contributed by atoms with Crippen molar-refractivity contribution in [3.8, 4) is 0 Å². The van der Waals surface area contributed by atoms with Gasteiger partial charge in [-0.15, -0.1) is 0 Å². The fourth-order valence-electron chi connectivity index (χ4n) is 2.24. The number of carbonyl (C=O) groups excluding carboxylic acids is 1. The predicted octanol–water partition coefficient (Wildman–Crippen LogP) is 1.68. The number of methoxy groups -OCH3 is 1. The molecule has 6 nitrogen and oxygen atoms in total. The third kappa shape index (κ3) is 3.19. The van der Waals surface area contributed by atoms with Crippen LogP contribution in [-0.4, -0.2) is 37.8 Å². The number of nitrogen functional groups attached to an aromatic ring is 1. The van der Waals surface area contributed by atoms with Crippen LogP contribution in [0.2, 0.25) is 0 Å². The standard InChI is InChI=1S/C14H21N3O3/c1-14(4-7-20-8-5-14)9-17-12-11(15)10(3-6-16-12)13(18)19-2/h3,6H,4-5,7-9,15H2,1-2H3,(H,16,17). The molecule has 20 heavy (non-hydrogen) atoms. The van der Waals surface area contributed by atoms with Crippen LogP contribution >= 0.6 is 0 Å². The minimum absolute atomic E-state index is 0.160. The summed E-state index contributed by atoms with van der Waals surface area (Å²) in [6.45, 7) is 4.52. The third-order valence-corrected chi connectivity index (χ3v) is 3.78. The Morgan fingerprint density at radius 3 is 2.90 bits per heavy atom. The smallest absolute Gasteiger partial charge is 0.340 e. The summed E-state index contributed by atoms with van der Waals surface area (Å²) in [7, 11) is 1.33. The van der Waals surface area contributed by atoms with Gasteiger partial charge in [0.15, 0.2) is 0 Å². The Morgan fingerprint density at radius 2 is 2.25 bits per heavy atom. The highest BCUT2D eigenvalue weighted by molar-refractivity contribution is 5.97. The van der Waals surface area contributed by atoms with Gasteiger partial charge in [-0.2, -0.15) is 0 Å². The zero-order valence-corrected chi connectivity index (χ0v) is 11.9. The highest BCUT2D eigenvalue weighted by Crippen LogP contribution is 2.31. The van der Waals surface area contributed by atoms with Gasteiger partial charge in [0, 0.05) is 26.0 Å². The molecule has 0 bridgehead atoms. The lowest BCUT2D eigenvalue weighted by Gasteiger charge is -2.33. The Bertz CT molecular complexity index is 485. The Morgan fingerprint density at radius 1 is 1.55 bits per heavy atom. The van der Waals surface area contributed by atoms with Crippen molar-refractivity contribution in [1.29, 1.82) is 0 Å². The molecule has 6 heteroatoms. The van der Waals surface area contributed by atoms with E-state index in [4.69, 9.17) is 15.2 Å². The number of carbonyl (C=O) groups is 1. The maximum Gasteiger partial charge on any atom is 0.340 e. The van der Waals surface area contributed by atoms with E-state index in [2.05, 4.69) is 17.2 Å². The number of hydrogen-bond donors (Lipinski definition) is 2. The van der Waals surface area contributed by atoms with Crippen LogP contribution < -0.4 is 11.1 Å². The zero-order valence-electron chi connectivity index (χ0n) is 11.9. The van der Waals surface area contributed by atoms with E-state index in [-0.39, 0.29) is 5.41 Å². The van der Waals surface area contributed by atoms with E-state index in [0.29, 0.717) is 17.1 Å². The predicted molar refractivity (Wildman–Crippen MR) is 76.6 cm³/mol. The number of esters is 1. The van der Waals surface area contributed by atoms with Gasteiger partial charge in [0.05, 0.1) is 18.4 Å². The molecule has 110 valence electrons. The molecule has 2 rings (SSSR count). The van der Waals surface area contributed by atoms with Crippen LogP contribution in [0.4, 0.5) is 11.5 Å². The van der Waals surface area contributed by atoms with Crippen molar-refractivity contribution in [2.24, 2.45) is 5.41 Å². The van der Waals surface area contributed by atoms with Gasteiger partial charge in [0.1, 0.15) is 5.82 Å². The van der Waals surface area contributed by atoms with Crippen molar-refractivity contribution in [1.82, 2.24) is 4.98 Å². The summed E-state index contributed by atoms with van der Waals surface area (Å²) in [4.78, 5) is 15.8. The van der Waals surface area contributed by atoms with Crippen LogP contribution in [0.15, 0.2) is 12.3 Å². The molecule has 1 aromatic rings. The summed E-state index contributed by atoms with van der Waals surface area (Å²) < 4.78 is 10.1. The molecule has 0 radical (unpaired) electrons. The fraction of sp³-hybridized carbons (Fsp3) is 0.571. The van der Waals surface area contributed by atoms with Crippen LogP contribution in [0, 0.1) is 5.41 Å². The van der Waals surface area contributed by atoms with E-state index >= 15 is 0 Å². The summed E-state index contributed by atoms with van der Waals surface area (Å²) in [6, 6.07) is 1.56. The van der Waals surface area contributed by atoms with Gasteiger partial charge in [0.2, 0.25) is 0 Å². The lowest BCUT2D eigenvalue weighted by molar-refractivity contribution is 0.0300. The number of nitrogens with two attached hydrogens (primary N) is 1. The topological polar surface area (TPSA) is 86.5 Å². The van der Waals surface area contributed by atoms with Crippen LogP contribution in [0.1, 0.15) is 30.1 Å². The molecule has 1 aliphatic heterocycles. The second-order valence-electron chi connectivity index (χ2n) is 5.39. The molecule has 3 N–H and O–H groups in total. The van der Waals surface area contributed by atoms with Gasteiger partial charge < -0.3 is 20.5 Å². The molecule has 0 aliphatic carbocycles. The second-order valence-corrected chi connectivity index (χ2v) is 5.39. The Labute approximate surface area is 118 Å². The lowest BCUT2D eigenvalue weighted by atomic mass is 9.82. The van der Waals surface area contributed by atoms with Gasteiger partial charge in [-0.05, 0) is 24.3 Å². The fourth-order valence-corrected chi connectivity index (χ4v) is 2.24. The van der Waals surface area contributed by atoms with Crippen molar-refractivity contribution in [2.45, 2.75) is 19.8 Å². The highest BCUT2D eigenvalue weighted by Gasteiger charge is 2.27. The van der Waals surface area contributed by atoms with Crippen molar-refractivity contribution in [3.05, 3.63) is 17.8 Å². The van der Waals surface area contributed by atoms with Gasteiger partial charge in [0.25, 0.3) is 0 Å². The van der Waals surface area contributed by atoms with E-state index in [0.717, 1.165) is 32.6 Å². The third-order valence-electron chi connectivity index (χ3n) is 3.78. The maximum atomic E-state index is 11.6. The van der Waals surface area contributed by atoms with Crippen molar-refractivity contribution < 1.29 is 14.3 Å². The van der Waals surface area contributed by atoms with E-state index in [1.54, 1.807) is 12.3 Å². The molecule has 0 unspecified atom stereocenters. The first-order valence-electron chi connectivity index (χ1n) is 6.70. The maximum absolute atomic E-state index is 11.6. The van der Waals surface area contributed by atoms with E-state index in [1.165, 1.54) is 7.11 Å². The Kier molecular flexibility index (Phi) is 4.44. The molecular weight excluding hydrogens is 258 g/mol. The Balaban J connectivity index is 2.08. The molecule has 1 saturated heterocycles. The molecule has 0 saturated carbocycles. The van der Waals surface area contributed by atoms with E-state index in [1.807, 2.05) is 0 Å². The average Bonchev–Trinajstić information content (AvgIpc) is 2.46. The highest BCUT2D eigenvalue weighted by atomic mass is 16.5. The zero-order chi connectivity index (χ0) is 14.6. The van der Waals surface area contributed by atoms with Crippen LogP contribution in [0.3, 0.4) is 0 Å². The second kappa shape index (κ2) is 6.09. The molecule has 1 fully saturated rings. The van der Waals surface area contributed by atoms with E-state index < -0.39 is 5.97 Å². The first kappa shape index (κ1) is 14.6. The molecule has 1 aliphatic rings. The number of hydrogen-bond acceptors (Lipinski definition) is 6. The van der Waals surface area contributed by atoms with Gasteiger partial charge in [-0.25, -0.2) is 9.78 Å². The molecule has 0 atom stereocenters. The lowest BCUT2D eigenvalue weighted by Crippen LogP contribution is -2.33. The van der Waals surface area contributed by atoms with Crippen LogP contribution in [0.25, 0.3) is 0 Å². The molecule has 2 heterocycles. The molecule has 1 aromatic heterocycles. The summed E-state index contributed by atoms with van der Waals surface area (Å²) in [5.74, 6) is 0.0749. The monoisotopic (exact) mass is 279 g/mol. The molecule has 0 spiro atoms. The summed E-state index contributed by atoms with van der Waals surface area (Å²) >= 11 is 0. The minimum atomic E-state index is -0.453. The summed E-state index contributed by atoms with van der Waals surface area (Å²) in [5.41, 5.74) is 6.79. The molecular formula is C14H21N3O3. The number of ether oxygens (including phenoxy) is 2. The first-order chi connectivity index (χ1) is 9.56. The number of aromatic nitrogens is 1. The van der Waals surface area contributed by atoms with Crippen molar-refractivity contribution >= 4 is 17.5 Å². The largest absolute Gasteiger partial charge is 0.465 e. The summed E-state index contributed by atoms with van der Waals surface area (Å²) in [5, 5.41) is 3.24. The summed E-state index contributed by atoms with van der Waals surface area (Å²) in [6.07, 6.45) is 3.55. The quantitative estimate of drug-likeness (QED) is 0.815. The number of nitrogens with one attached hydrogen (secondary N) is 1. The molecule has 0 aromatic carbocycles. The number of pyridine rings is 1. The van der Waals surface area contributed by atoms with Crippen molar-refractivity contribution in [2.75, 3.05) is 37.9 Å². The van der Waals surface area contributed by atoms with E-state index in [9.17, 15) is 4.79 Å². The van der Waals surface area contributed by atoms with Gasteiger partial charge >= 0.3 is 5.97 Å². The average molecular weight is 279 g/mol. The van der Waals surface area contributed by atoms with Crippen LogP contribution in [-0.2, 0) is 9.47 Å². The minimum Gasteiger partial charge on any atom is -0.465 e. The molecule has 0 amide bonds. The Hall–Kier alpha value is -1.82. The first-order valence-corrected chi connectivity index (χ1v) is 6.70. The van der Waals surface area contributed by atoms with Gasteiger partial charge in [-0.3, -0.25) is 0 Å². The SMILES string of the molecule is COC(=O)c1ccnc(NCC2(C)CCOCC2)c1N. The van der Waals surface area contributed by atoms with Crippen LogP contribution in [0.5, 0.6) is 0 Å². The van der Waals surface area contributed by atoms with Crippen molar-refractivity contribution in [3.63, 3.8) is 0 Å². The normalized spacial score (nSPS) is 17.5. The number of rotatable bonds is 4. The number of anilines is 2. The number of nitrogens with zero attached hydrogens (tertiary/aromatic N) is 1.